The first-order chi connectivity index (χ1) is 16.1. The Morgan fingerprint density at radius 2 is 1.39 bits per heavy atom. The van der Waals surface area contributed by atoms with Gasteiger partial charge in [0.05, 0.1) is 25.5 Å². The Labute approximate surface area is 192 Å². The zero-order valence-corrected chi connectivity index (χ0v) is 18.6. The van der Waals surface area contributed by atoms with E-state index in [9.17, 15) is 9.59 Å². The number of benzene rings is 3. The van der Waals surface area contributed by atoms with Crippen molar-refractivity contribution < 1.29 is 19.1 Å². The SMILES string of the molecule is COc1ccc(C2=C(N3CCCc4ccccc43)C(=O)N(c3ccc(OC)cc3)C2=O)cc1. The molecule has 0 fully saturated rings. The summed E-state index contributed by atoms with van der Waals surface area (Å²) in [5.74, 6) is 0.681. The average Bonchev–Trinajstić information content (AvgIpc) is 3.13. The molecule has 0 saturated carbocycles. The van der Waals surface area contributed by atoms with Gasteiger partial charge in [0.1, 0.15) is 17.2 Å². The highest BCUT2D eigenvalue weighted by atomic mass is 16.5. The lowest BCUT2D eigenvalue weighted by Gasteiger charge is -2.32. The van der Waals surface area contributed by atoms with Crippen molar-refractivity contribution in [1.29, 1.82) is 0 Å². The summed E-state index contributed by atoms with van der Waals surface area (Å²) < 4.78 is 10.5. The van der Waals surface area contributed by atoms with Gasteiger partial charge in [-0.05, 0) is 66.4 Å². The predicted molar refractivity (Wildman–Crippen MR) is 128 cm³/mol. The van der Waals surface area contributed by atoms with Gasteiger partial charge >= 0.3 is 0 Å². The molecule has 2 heterocycles. The monoisotopic (exact) mass is 440 g/mol. The molecule has 2 amide bonds. The van der Waals surface area contributed by atoms with Crippen LogP contribution in [-0.2, 0) is 16.0 Å². The lowest BCUT2D eigenvalue weighted by molar-refractivity contribution is -0.120. The fourth-order valence-electron chi connectivity index (χ4n) is 4.52. The van der Waals surface area contributed by atoms with Crippen molar-refractivity contribution in [1.82, 2.24) is 0 Å². The maximum Gasteiger partial charge on any atom is 0.282 e. The zero-order valence-electron chi connectivity index (χ0n) is 18.6. The van der Waals surface area contributed by atoms with Crippen LogP contribution in [0.2, 0.25) is 0 Å². The van der Waals surface area contributed by atoms with Gasteiger partial charge in [0.15, 0.2) is 0 Å². The Bertz CT molecular complexity index is 1250. The van der Waals surface area contributed by atoms with Crippen LogP contribution in [0.25, 0.3) is 5.57 Å². The molecule has 0 N–H and O–H groups in total. The van der Waals surface area contributed by atoms with Crippen molar-refractivity contribution in [2.75, 3.05) is 30.6 Å². The number of hydrogen-bond donors (Lipinski definition) is 0. The zero-order chi connectivity index (χ0) is 22.9. The molecule has 6 heteroatoms. The van der Waals surface area contributed by atoms with Crippen molar-refractivity contribution in [3.63, 3.8) is 0 Å². The fraction of sp³-hybridized carbons (Fsp3) is 0.185. The second-order valence-electron chi connectivity index (χ2n) is 7.98. The second kappa shape index (κ2) is 8.47. The largest absolute Gasteiger partial charge is 0.497 e. The van der Waals surface area contributed by atoms with Crippen molar-refractivity contribution in [2.45, 2.75) is 12.8 Å². The molecule has 0 unspecified atom stereocenters. The van der Waals surface area contributed by atoms with E-state index in [0.717, 1.165) is 18.5 Å². The van der Waals surface area contributed by atoms with Gasteiger partial charge in [-0.2, -0.15) is 0 Å². The standard InChI is InChI=1S/C27H24N2O4/c1-32-21-13-9-19(10-14-21)24-25(28-17-5-7-18-6-3-4-8-23(18)28)27(31)29(26(24)30)20-11-15-22(33-2)16-12-20/h3-4,6,8-16H,5,7,17H2,1-2H3. The lowest BCUT2D eigenvalue weighted by atomic mass is 9.98. The smallest absolute Gasteiger partial charge is 0.282 e. The molecule has 0 radical (unpaired) electrons. The predicted octanol–water partition coefficient (Wildman–Crippen LogP) is 4.44. The van der Waals surface area contributed by atoms with E-state index < -0.39 is 0 Å². The van der Waals surface area contributed by atoms with Gasteiger partial charge in [-0.1, -0.05) is 30.3 Å². The highest BCUT2D eigenvalue weighted by Gasteiger charge is 2.43. The summed E-state index contributed by atoms with van der Waals surface area (Å²) in [7, 11) is 3.18. The minimum Gasteiger partial charge on any atom is -0.497 e. The first-order valence-electron chi connectivity index (χ1n) is 10.9. The van der Waals surface area contributed by atoms with Crippen molar-refractivity contribution in [3.05, 3.63) is 89.6 Å². The third-order valence-corrected chi connectivity index (χ3v) is 6.15. The summed E-state index contributed by atoms with van der Waals surface area (Å²) >= 11 is 0. The Hall–Kier alpha value is -4.06. The molecule has 166 valence electrons. The highest BCUT2D eigenvalue weighted by Crippen LogP contribution is 2.40. The first kappa shape index (κ1) is 20.8. The van der Waals surface area contributed by atoms with E-state index in [-0.39, 0.29) is 11.8 Å². The van der Waals surface area contributed by atoms with Crippen molar-refractivity contribution in [3.8, 4) is 11.5 Å². The van der Waals surface area contributed by atoms with E-state index in [4.69, 9.17) is 9.47 Å². The van der Waals surface area contributed by atoms with Gasteiger partial charge in [-0.3, -0.25) is 9.59 Å². The molecule has 2 aliphatic rings. The molecule has 0 saturated heterocycles. The van der Waals surface area contributed by atoms with Crippen LogP contribution in [0.1, 0.15) is 17.5 Å². The highest BCUT2D eigenvalue weighted by molar-refractivity contribution is 6.46. The number of anilines is 2. The summed E-state index contributed by atoms with van der Waals surface area (Å²) in [4.78, 5) is 30.8. The van der Waals surface area contributed by atoms with E-state index in [1.807, 2.05) is 35.2 Å². The maximum atomic E-state index is 13.8. The van der Waals surface area contributed by atoms with Crippen LogP contribution in [-0.4, -0.2) is 32.6 Å². The second-order valence-corrected chi connectivity index (χ2v) is 7.98. The van der Waals surface area contributed by atoms with Crippen molar-refractivity contribution >= 4 is 28.8 Å². The first-order valence-corrected chi connectivity index (χ1v) is 10.9. The number of amides is 2. The molecule has 0 bridgehead atoms. The molecule has 0 aliphatic carbocycles. The normalized spacial score (nSPS) is 15.7. The summed E-state index contributed by atoms with van der Waals surface area (Å²) in [6, 6.07) is 22.3. The average molecular weight is 440 g/mol. The Morgan fingerprint density at radius 1 is 0.758 bits per heavy atom. The van der Waals surface area contributed by atoms with E-state index >= 15 is 0 Å². The molecule has 0 atom stereocenters. The third-order valence-electron chi connectivity index (χ3n) is 6.15. The number of aryl methyl sites for hydroxylation is 1. The number of imide groups is 1. The molecule has 2 aliphatic heterocycles. The molecule has 5 rings (SSSR count). The van der Waals surface area contributed by atoms with Crippen LogP contribution in [0.5, 0.6) is 11.5 Å². The summed E-state index contributed by atoms with van der Waals surface area (Å²) in [6.07, 6.45) is 1.85. The summed E-state index contributed by atoms with van der Waals surface area (Å²) in [6.45, 7) is 0.668. The van der Waals surface area contributed by atoms with Gasteiger partial charge in [0.2, 0.25) is 0 Å². The Kier molecular flexibility index (Phi) is 5.34. The number of hydrogen-bond acceptors (Lipinski definition) is 5. The van der Waals surface area contributed by atoms with E-state index in [1.165, 1.54) is 10.5 Å². The van der Waals surface area contributed by atoms with Gasteiger partial charge in [-0.25, -0.2) is 4.90 Å². The van der Waals surface area contributed by atoms with Crippen LogP contribution in [0, 0.1) is 0 Å². The van der Waals surface area contributed by atoms with E-state index in [2.05, 4.69) is 6.07 Å². The van der Waals surface area contributed by atoms with Gasteiger partial charge in [0, 0.05) is 12.2 Å². The number of methoxy groups -OCH3 is 2. The van der Waals surface area contributed by atoms with Crippen LogP contribution >= 0.6 is 0 Å². The molecule has 3 aromatic carbocycles. The quantitative estimate of drug-likeness (QED) is 0.549. The number of carbonyl (C=O) groups is 2. The molecule has 6 nitrogen and oxygen atoms in total. The molecule has 33 heavy (non-hydrogen) atoms. The number of para-hydroxylation sites is 1. The summed E-state index contributed by atoms with van der Waals surface area (Å²) in [5.41, 5.74) is 4.15. The lowest BCUT2D eigenvalue weighted by Crippen LogP contribution is -2.37. The molecule has 0 aromatic heterocycles. The molecule has 3 aromatic rings. The van der Waals surface area contributed by atoms with Crippen molar-refractivity contribution in [2.24, 2.45) is 0 Å². The molecular formula is C27H24N2O4. The minimum atomic E-state index is -0.339. The number of fused-ring (bicyclic) bond motifs is 1. The maximum absolute atomic E-state index is 13.8. The Balaban J connectivity index is 1.66. The number of carbonyl (C=O) groups excluding carboxylic acids is 2. The molecular weight excluding hydrogens is 416 g/mol. The van der Waals surface area contributed by atoms with Gasteiger partial charge in [-0.15, -0.1) is 0 Å². The summed E-state index contributed by atoms with van der Waals surface area (Å²) in [5, 5.41) is 0. The van der Waals surface area contributed by atoms with Crippen LogP contribution in [0.4, 0.5) is 11.4 Å². The van der Waals surface area contributed by atoms with Gasteiger partial charge < -0.3 is 14.4 Å². The number of rotatable bonds is 5. The van der Waals surface area contributed by atoms with Gasteiger partial charge in [0.25, 0.3) is 11.8 Å². The van der Waals surface area contributed by atoms with Crippen LogP contribution < -0.4 is 19.3 Å². The minimum absolute atomic E-state index is 0.326. The topological polar surface area (TPSA) is 59.1 Å². The Morgan fingerprint density at radius 3 is 2.06 bits per heavy atom. The third kappa shape index (κ3) is 3.53. The van der Waals surface area contributed by atoms with Crippen LogP contribution in [0.3, 0.4) is 0 Å². The fourth-order valence-corrected chi connectivity index (χ4v) is 4.52. The van der Waals surface area contributed by atoms with E-state index in [0.29, 0.717) is 40.6 Å². The number of nitrogens with zero attached hydrogens (tertiary/aromatic N) is 2. The molecule has 0 spiro atoms. The number of ether oxygens (including phenoxy) is 2. The van der Waals surface area contributed by atoms with E-state index in [1.54, 1.807) is 50.6 Å². The van der Waals surface area contributed by atoms with Crippen LogP contribution in [0.15, 0.2) is 78.5 Å².